The molecule has 140 valence electrons. The van der Waals surface area contributed by atoms with Crippen LogP contribution in [0.1, 0.15) is 42.6 Å². The van der Waals surface area contributed by atoms with E-state index in [9.17, 15) is 9.18 Å². The quantitative estimate of drug-likeness (QED) is 0.684. The van der Waals surface area contributed by atoms with Crippen LogP contribution in [-0.4, -0.2) is 28.1 Å². The smallest absolute Gasteiger partial charge is 0.254 e. The summed E-state index contributed by atoms with van der Waals surface area (Å²) in [6.45, 7) is 6.63. The minimum atomic E-state index is -0.381. The fourth-order valence-electron chi connectivity index (χ4n) is 2.63. The van der Waals surface area contributed by atoms with E-state index in [2.05, 4.69) is 31.0 Å². The van der Waals surface area contributed by atoms with Gasteiger partial charge in [-0.25, -0.2) is 4.39 Å². The maximum absolute atomic E-state index is 13.0. The highest BCUT2D eigenvalue weighted by atomic mass is 19.1. The average molecular weight is 367 g/mol. The monoisotopic (exact) mass is 367 g/mol. The topological polar surface area (TPSA) is 59.2 Å². The van der Waals surface area contributed by atoms with Crippen LogP contribution in [0, 0.1) is 5.82 Å². The largest absolute Gasteiger partial charge is 0.419 e. The Hall–Kier alpha value is -3.02. The van der Waals surface area contributed by atoms with E-state index in [-0.39, 0.29) is 23.7 Å². The Morgan fingerprint density at radius 1 is 1.04 bits per heavy atom. The van der Waals surface area contributed by atoms with Gasteiger partial charge < -0.3 is 9.32 Å². The second kappa shape index (κ2) is 7.31. The third-order valence-corrected chi connectivity index (χ3v) is 4.28. The summed E-state index contributed by atoms with van der Waals surface area (Å²) >= 11 is 0. The van der Waals surface area contributed by atoms with Crippen molar-refractivity contribution < 1.29 is 13.6 Å². The summed E-state index contributed by atoms with van der Waals surface area (Å²) < 4.78 is 18.7. The van der Waals surface area contributed by atoms with Crippen molar-refractivity contribution in [2.45, 2.75) is 32.7 Å². The van der Waals surface area contributed by atoms with Crippen molar-refractivity contribution in [2.75, 3.05) is 7.05 Å². The van der Waals surface area contributed by atoms with E-state index in [0.29, 0.717) is 17.3 Å². The molecule has 5 nitrogen and oxygen atoms in total. The number of amides is 1. The molecule has 3 aromatic rings. The number of hydrogen-bond donors (Lipinski definition) is 0. The molecule has 0 spiro atoms. The van der Waals surface area contributed by atoms with Gasteiger partial charge in [0.1, 0.15) is 5.82 Å². The highest BCUT2D eigenvalue weighted by molar-refractivity contribution is 5.93. The van der Waals surface area contributed by atoms with Crippen molar-refractivity contribution in [3.05, 3.63) is 71.4 Å². The van der Waals surface area contributed by atoms with Crippen LogP contribution in [0.15, 0.2) is 52.9 Å². The number of benzene rings is 2. The van der Waals surface area contributed by atoms with Gasteiger partial charge in [0.05, 0.1) is 6.54 Å². The van der Waals surface area contributed by atoms with E-state index in [4.69, 9.17) is 4.42 Å². The third kappa shape index (κ3) is 4.39. The highest BCUT2D eigenvalue weighted by Crippen LogP contribution is 2.25. The van der Waals surface area contributed by atoms with Crippen LogP contribution in [0.5, 0.6) is 0 Å². The summed E-state index contributed by atoms with van der Waals surface area (Å²) in [5.74, 6) is 0.119. The standard InChI is InChI=1S/C21H22FN3O2/c1-21(2,3)16-9-5-14(6-10-16)19-24-23-18(27-19)13-25(4)20(26)15-7-11-17(22)12-8-15/h5-12H,13H2,1-4H3. The van der Waals surface area contributed by atoms with Gasteiger partial charge in [0.15, 0.2) is 0 Å². The summed E-state index contributed by atoms with van der Waals surface area (Å²) in [5, 5.41) is 8.09. The predicted molar refractivity (Wildman–Crippen MR) is 101 cm³/mol. The summed E-state index contributed by atoms with van der Waals surface area (Å²) in [6.07, 6.45) is 0. The van der Waals surface area contributed by atoms with Crippen LogP contribution >= 0.6 is 0 Å². The molecule has 0 bridgehead atoms. The van der Waals surface area contributed by atoms with E-state index in [1.807, 2.05) is 24.3 Å². The first-order valence-electron chi connectivity index (χ1n) is 8.68. The highest BCUT2D eigenvalue weighted by Gasteiger charge is 2.17. The molecule has 0 aliphatic carbocycles. The minimum absolute atomic E-state index is 0.0714. The number of nitrogens with zero attached hydrogens (tertiary/aromatic N) is 3. The Balaban J connectivity index is 1.70. The Morgan fingerprint density at radius 2 is 1.67 bits per heavy atom. The molecule has 1 aromatic heterocycles. The van der Waals surface area contributed by atoms with Crippen LogP contribution in [0.2, 0.25) is 0 Å². The van der Waals surface area contributed by atoms with Crippen LogP contribution in [0.4, 0.5) is 4.39 Å². The first kappa shape index (κ1) is 18.8. The zero-order chi connectivity index (χ0) is 19.6. The molecule has 27 heavy (non-hydrogen) atoms. The number of aromatic nitrogens is 2. The normalized spacial score (nSPS) is 11.4. The summed E-state index contributed by atoms with van der Waals surface area (Å²) in [5.41, 5.74) is 2.52. The van der Waals surface area contributed by atoms with E-state index in [1.54, 1.807) is 7.05 Å². The lowest BCUT2D eigenvalue weighted by Gasteiger charge is -2.18. The molecule has 1 heterocycles. The SMILES string of the molecule is CN(Cc1nnc(-c2ccc(C(C)(C)C)cc2)o1)C(=O)c1ccc(F)cc1. The molecule has 0 saturated heterocycles. The van der Waals surface area contributed by atoms with Crippen molar-refractivity contribution in [1.82, 2.24) is 15.1 Å². The third-order valence-electron chi connectivity index (χ3n) is 4.28. The van der Waals surface area contributed by atoms with Crippen LogP contribution in [-0.2, 0) is 12.0 Å². The second-order valence-corrected chi connectivity index (χ2v) is 7.50. The zero-order valence-corrected chi connectivity index (χ0v) is 15.9. The van der Waals surface area contributed by atoms with Crippen LogP contribution in [0.25, 0.3) is 11.5 Å². The first-order valence-corrected chi connectivity index (χ1v) is 8.68. The molecule has 6 heteroatoms. The molecule has 1 amide bonds. The van der Waals surface area contributed by atoms with Crippen molar-refractivity contribution >= 4 is 5.91 Å². The van der Waals surface area contributed by atoms with Crippen molar-refractivity contribution in [2.24, 2.45) is 0 Å². The van der Waals surface area contributed by atoms with Crippen LogP contribution in [0.3, 0.4) is 0 Å². The lowest BCUT2D eigenvalue weighted by Crippen LogP contribution is -2.26. The van der Waals surface area contributed by atoms with E-state index < -0.39 is 0 Å². The molecule has 0 N–H and O–H groups in total. The molecule has 0 fully saturated rings. The lowest BCUT2D eigenvalue weighted by atomic mass is 9.87. The Morgan fingerprint density at radius 3 is 2.26 bits per heavy atom. The predicted octanol–water partition coefficient (Wildman–Crippen LogP) is 4.45. The molecule has 2 aromatic carbocycles. The number of halogens is 1. The maximum atomic E-state index is 13.0. The molecular formula is C21H22FN3O2. The van der Waals surface area contributed by atoms with E-state index in [1.165, 1.54) is 34.7 Å². The van der Waals surface area contributed by atoms with E-state index >= 15 is 0 Å². The van der Waals surface area contributed by atoms with Gasteiger partial charge in [0.2, 0.25) is 11.8 Å². The average Bonchev–Trinajstić information content (AvgIpc) is 3.09. The molecular weight excluding hydrogens is 345 g/mol. The van der Waals surface area contributed by atoms with Gasteiger partial charge in [0.25, 0.3) is 5.91 Å². The molecule has 0 atom stereocenters. The Labute approximate surface area is 157 Å². The lowest BCUT2D eigenvalue weighted by molar-refractivity contribution is 0.0773. The summed E-state index contributed by atoms with van der Waals surface area (Å²) in [4.78, 5) is 13.8. The molecule has 0 aliphatic rings. The Bertz CT molecular complexity index is 925. The van der Waals surface area contributed by atoms with E-state index in [0.717, 1.165) is 5.56 Å². The number of rotatable bonds is 4. The number of carbonyl (C=O) groups is 1. The molecule has 3 rings (SSSR count). The summed E-state index contributed by atoms with van der Waals surface area (Å²) in [6, 6.07) is 13.4. The fourth-order valence-corrected chi connectivity index (χ4v) is 2.63. The van der Waals surface area contributed by atoms with Gasteiger partial charge in [-0.05, 0) is 47.4 Å². The molecule has 0 aliphatic heterocycles. The number of hydrogen-bond acceptors (Lipinski definition) is 4. The second-order valence-electron chi connectivity index (χ2n) is 7.50. The molecule has 0 radical (unpaired) electrons. The van der Waals surface area contributed by atoms with Gasteiger partial charge in [-0.15, -0.1) is 10.2 Å². The summed E-state index contributed by atoms with van der Waals surface area (Å²) in [7, 11) is 1.63. The minimum Gasteiger partial charge on any atom is -0.419 e. The molecule has 0 saturated carbocycles. The maximum Gasteiger partial charge on any atom is 0.254 e. The van der Waals surface area contributed by atoms with Gasteiger partial charge in [-0.3, -0.25) is 4.79 Å². The van der Waals surface area contributed by atoms with Gasteiger partial charge in [-0.1, -0.05) is 32.9 Å². The zero-order valence-electron chi connectivity index (χ0n) is 15.9. The molecule has 0 unspecified atom stereocenters. The van der Waals surface area contributed by atoms with Crippen LogP contribution < -0.4 is 0 Å². The van der Waals surface area contributed by atoms with Crippen molar-refractivity contribution in [3.8, 4) is 11.5 Å². The fraction of sp³-hybridized carbons (Fsp3) is 0.286. The van der Waals surface area contributed by atoms with Gasteiger partial charge in [-0.2, -0.15) is 0 Å². The van der Waals surface area contributed by atoms with Gasteiger partial charge >= 0.3 is 0 Å². The van der Waals surface area contributed by atoms with Crippen molar-refractivity contribution in [3.63, 3.8) is 0 Å². The Kier molecular flexibility index (Phi) is 5.08. The number of carbonyl (C=O) groups excluding carboxylic acids is 1. The van der Waals surface area contributed by atoms with Crippen molar-refractivity contribution in [1.29, 1.82) is 0 Å². The first-order chi connectivity index (χ1) is 12.7. The van der Waals surface area contributed by atoms with Gasteiger partial charge in [0, 0.05) is 18.2 Å².